The first-order valence-electron chi connectivity index (χ1n) is 9.67. The molecule has 3 fully saturated rings. The fourth-order valence-corrected chi connectivity index (χ4v) is 5.34. The number of likely N-dealkylation sites (tertiary alicyclic amines) is 1. The summed E-state index contributed by atoms with van der Waals surface area (Å²) in [6.45, 7) is 3.32. The quantitative estimate of drug-likeness (QED) is 0.896. The van der Waals surface area contributed by atoms with Gasteiger partial charge < -0.3 is 19.7 Å². The van der Waals surface area contributed by atoms with Gasteiger partial charge in [0, 0.05) is 48.9 Å². The Balaban J connectivity index is 1.34. The Morgan fingerprint density at radius 3 is 2.80 bits per heavy atom. The van der Waals surface area contributed by atoms with Crippen LogP contribution >= 0.6 is 0 Å². The molecule has 134 valence electrons. The summed E-state index contributed by atoms with van der Waals surface area (Å²) >= 11 is 0. The van der Waals surface area contributed by atoms with Gasteiger partial charge in [-0.3, -0.25) is 0 Å². The van der Waals surface area contributed by atoms with Gasteiger partial charge in [0.2, 0.25) is 0 Å². The molecule has 5 rings (SSSR count). The lowest BCUT2D eigenvalue weighted by Gasteiger charge is -2.64. The van der Waals surface area contributed by atoms with Crippen molar-refractivity contribution in [2.45, 2.75) is 44.6 Å². The van der Waals surface area contributed by atoms with E-state index in [1.54, 1.807) is 0 Å². The maximum Gasteiger partial charge on any atom is 0.322 e. The lowest BCUT2D eigenvalue weighted by molar-refractivity contribution is -0.135. The first kappa shape index (κ1) is 15.5. The lowest BCUT2D eigenvalue weighted by Crippen LogP contribution is -2.72. The Hall–Kier alpha value is -1.75. The van der Waals surface area contributed by atoms with Crippen LogP contribution < -0.4 is 10.1 Å². The van der Waals surface area contributed by atoms with Crippen LogP contribution in [0.25, 0.3) is 0 Å². The number of amides is 2. The molecule has 1 aromatic carbocycles. The van der Waals surface area contributed by atoms with Crippen molar-refractivity contribution in [2.75, 3.05) is 31.7 Å². The second kappa shape index (κ2) is 5.90. The van der Waals surface area contributed by atoms with Gasteiger partial charge in [-0.15, -0.1) is 0 Å². The third-order valence-corrected chi connectivity index (χ3v) is 6.76. The van der Waals surface area contributed by atoms with Gasteiger partial charge >= 0.3 is 6.03 Å². The fourth-order valence-electron chi connectivity index (χ4n) is 5.34. The smallest absolute Gasteiger partial charge is 0.322 e. The number of carbonyl (C=O) groups excluding carboxylic acids is 1. The summed E-state index contributed by atoms with van der Waals surface area (Å²) < 4.78 is 11.2. The van der Waals surface area contributed by atoms with Gasteiger partial charge in [-0.1, -0.05) is 12.5 Å². The molecule has 3 heterocycles. The number of ether oxygens (including phenoxy) is 2. The Labute approximate surface area is 148 Å². The molecule has 1 saturated carbocycles. The zero-order chi connectivity index (χ0) is 16.9. The van der Waals surface area contributed by atoms with E-state index in [2.05, 4.69) is 10.2 Å². The number of carbonyl (C=O) groups is 1. The van der Waals surface area contributed by atoms with Gasteiger partial charge in [-0.2, -0.15) is 0 Å². The Bertz CT molecular complexity index is 680. The molecule has 1 N–H and O–H groups in total. The number of nitrogens with zero attached hydrogens (tertiary/aromatic N) is 1. The van der Waals surface area contributed by atoms with Crippen molar-refractivity contribution in [1.29, 1.82) is 0 Å². The largest absolute Gasteiger partial charge is 0.493 e. The molecule has 0 bridgehead atoms. The molecule has 0 radical (unpaired) electrons. The predicted molar refractivity (Wildman–Crippen MR) is 95.0 cm³/mol. The highest BCUT2D eigenvalue weighted by Crippen LogP contribution is 2.56. The van der Waals surface area contributed by atoms with Crippen molar-refractivity contribution in [2.24, 2.45) is 11.3 Å². The summed E-state index contributed by atoms with van der Waals surface area (Å²) in [5.41, 5.74) is 2.46. The van der Waals surface area contributed by atoms with Crippen LogP contribution in [0.5, 0.6) is 5.75 Å². The molecule has 25 heavy (non-hydrogen) atoms. The number of hydrogen-bond donors (Lipinski definition) is 1. The first-order chi connectivity index (χ1) is 12.3. The van der Waals surface area contributed by atoms with Crippen LogP contribution in [0.15, 0.2) is 18.2 Å². The molecule has 1 spiro atoms. The summed E-state index contributed by atoms with van der Waals surface area (Å²) in [7, 11) is 0. The highest BCUT2D eigenvalue weighted by Gasteiger charge is 2.59. The number of anilines is 1. The molecule has 1 atom stereocenters. The van der Waals surface area contributed by atoms with Crippen molar-refractivity contribution in [3.8, 4) is 5.75 Å². The van der Waals surface area contributed by atoms with Gasteiger partial charge in [0.25, 0.3) is 0 Å². The van der Waals surface area contributed by atoms with Gasteiger partial charge in [-0.25, -0.2) is 4.79 Å². The molecular weight excluding hydrogens is 316 g/mol. The van der Waals surface area contributed by atoms with E-state index in [4.69, 9.17) is 9.47 Å². The van der Waals surface area contributed by atoms with Crippen LogP contribution in [-0.4, -0.2) is 43.3 Å². The minimum absolute atomic E-state index is 0.0642. The van der Waals surface area contributed by atoms with Crippen LogP contribution in [-0.2, 0) is 11.2 Å². The van der Waals surface area contributed by atoms with E-state index in [-0.39, 0.29) is 6.03 Å². The van der Waals surface area contributed by atoms with E-state index in [0.717, 1.165) is 56.0 Å². The Morgan fingerprint density at radius 1 is 1.20 bits per heavy atom. The maximum atomic E-state index is 13.0. The van der Waals surface area contributed by atoms with Crippen molar-refractivity contribution in [3.63, 3.8) is 0 Å². The number of urea groups is 1. The number of nitrogens with one attached hydrogen (secondary N) is 1. The van der Waals surface area contributed by atoms with Crippen LogP contribution in [0.3, 0.4) is 0 Å². The van der Waals surface area contributed by atoms with Gasteiger partial charge in [0.1, 0.15) is 5.75 Å². The van der Waals surface area contributed by atoms with E-state index >= 15 is 0 Å². The molecule has 1 aliphatic carbocycles. The zero-order valence-corrected chi connectivity index (χ0v) is 14.6. The molecule has 0 unspecified atom stereocenters. The molecule has 0 aromatic heterocycles. The summed E-state index contributed by atoms with van der Waals surface area (Å²) in [5.74, 6) is 1.51. The van der Waals surface area contributed by atoms with E-state index in [1.165, 1.54) is 19.3 Å². The fraction of sp³-hybridized carbons (Fsp3) is 0.650. The molecule has 2 saturated heterocycles. The summed E-state index contributed by atoms with van der Waals surface area (Å²) in [6.07, 6.45) is 6.94. The van der Waals surface area contributed by atoms with Gasteiger partial charge in [-0.05, 0) is 43.7 Å². The monoisotopic (exact) mass is 342 g/mol. The maximum absolute atomic E-state index is 13.0. The summed E-state index contributed by atoms with van der Waals surface area (Å²) in [5, 5.41) is 3.17. The summed E-state index contributed by atoms with van der Waals surface area (Å²) in [6, 6.07) is 6.40. The van der Waals surface area contributed by atoms with Crippen molar-refractivity contribution in [1.82, 2.24) is 4.90 Å². The molecule has 4 aliphatic rings. The average Bonchev–Trinajstić information content (AvgIpc) is 3.03. The van der Waals surface area contributed by atoms with E-state index in [9.17, 15) is 4.79 Å². The standard InChI is InChI=1S/C20H26N2O3/c23-19(21-16-3-1-4-17-15(16)7-12-25-17)22-13-20(8-2-9-20)18(22)14-5-10-24-11-6-14/h1,3-4,14,18H,2,5-13H2,(H,21,23)/t18-/m0/s1. The summed E-state index contributed by atoms with van der Waals surface area (Å²) in [4.78, 5) is 15.1. The zero-order valence-electron chi connectivity index (χ0n) is 14.6. The molecule has 5 heteroatoms. The average molecular weight is 342 g/mol. The minimum Gasteiger partial charge on any atom is -0.493 e. The normalized spacial score (nSPS) is 27.2. The Morgan fingerprint density at radius 2 is 2.04 bits per heavy atom. The molecule has 1 aromatic rings. The van der Waals surface area contributed by atoms with Gasteiger partial charge in [0.15, 0.2) is 0 Å². The predicted octanol–water partition coefficient (Wildman–Crippen LogP) is 3.43. The second-order valence-electron chi connectivity index (χ2n) is 8.05. The SMILES string of the molecule is O=C(Nc1cccc2c1CCO2)N1CC2(CCC2)[C@@H]1C1CCOCC1. The van der Waals surface area contributed by atoms with Crippen molar-refractivity contribution >= 4 is 11.7 Å². The Kier molecular flexibility index (Phi) is 3.66. The van der Waals surface area contributed by atoms with Gasteiger partial charge in [0.05, 0.1) is 6.61 Å². The van der Waals surface area contributed by atoms with Crippen LogP contribution in [0.2, 0.25) is 0 Å². The van der Waals surface area contributed by atoms with E-state index < -0.39 is 0 Å². The molecule has 5 nitrogen and oxygen atoms in total. The highest BCUT2D eigenvalue weighted by molar-refractivity contribution is 5.91. The van der Waals surface area contributed by atoms with Crippen LogP contribution in [0, 0.1) is 11.3 Å². The van der Waals surface area contributed by atoms with Crippen LogP contribution in [0.4, 0.5) is 10.5 Å². The van der Waals surface area contributed by atoms with Crippen molar-refractivity contribution < 1.29 is 14.3 Å². The number of hydrogen-bond acceptors (Lipinski definition) is 3. The number of rotatable bonds is 2. The van der Waals surface area contributed by atoms with E-state index in [0.29, 0.717) is 24.0 Å². The minimum atomic E-state index is 0.0642. The first-order valence-corrected chi connectivity index (χ1v) is 9.67. The number of benzene rings is 1. The topological polar surface area (TPSA) is 50.8 Å². The second-order valence-corrected chi connectivity index (χ2v) is 8.05. The van der Waals surface area contributed by atoms with Crippen LogP contribution in [0.1, 0.15) is 37.7 Å². The van der Waals surface area contributed by atoms with E-state index in [1.807, 2.05) is 18.2 Å². The van der Waals surface area contributed by atoms with Crippen molar-refractivity contribution in [3.05, 3.63) is 23.8 Å². The third-order valence-electron chi connectivity index (χ3n) is 6.76. The number of fused-ring (bicyclic) bond motifs is 1. The lowest BCUT2D eigenvalue weighted by atomic mass is 9.54. The molecule has 2 amide bonds. The molecular formula is C20H26N2O3. The third kappa shape index (κ3) is 2.43. The molecule has 3 aliphatic heterocycles. The highest BCUT2D eigenvalue weighted by atomic mass is 16.5.